The molecule has 0 aliphatic carbocycles. The van der Waals surface area contributed by atoms with Gasteiger partial charge < -0.3 is 10.2 Å². The van der Waals surface area contributed by atoms with Crippen LogP contribution >= 0.6 is 11.6 Å². The molecule has 0 aromatic heterocycles. The van der Waals surface area contributed by atoms with E-state index in [9.17, 15) is 18.0 Å². The predicted molar refractivity (Wildman–Crippen MR) is 157 cm³/mol. The quantitative estimate of drug-likeness (QED) is 0.334. The van der Waals surface area contributed by atoms with Crippen molar-refractivity contribution in [3.8, 4) is 0 Å². The van der Waals surface area contributed by atoms with Gasteiger partial charge in [0.1, 0.15) is 12.6 Å². The molecule has 0 saturated heterocycles. The summed E-state index contributed by atoms with van der Waals surface area (Å²) in [6.07, 6.45) is 2.06. The Hall–Kier alpha value is -3.36. The van der Waals surface area contributed by atoms with Gasteiger partial charge in [-0.1, -0.05) is 78.7 Å². The third kappa shape index (κ3) is 8.83. The van der Waals surface area contributed by atoms with Gasteiger partial charge in [-0.2, -0.15) is 0 Å². The Labute approximate surface area is 236 Å². The van der Waals surface area contributed by atoms with Crippen molar-refractivity contribution < 1.29 is 18.0 Å². The van der Waals surface area contributed by atoms with Crippen molar-refractivity contribution in [1.29, 1.82) is 0 Å². The predicted octanol–water partition coefficient (Wildman–Crippen LogP) is 4.97. The standard InChI is InChI=1S/C30H36ClN3O4S/c1-5-23(3)32-30(36)28(19-24-9-7-6-8-10-24)33(20-25-13-11-22(2)12-14-25)29(35)21-34(39(4,37)38)27-17-15-26(31)16-18-27/h6-18,23,28H,5,19-21H2,1-4H3,(H,32,36)/t23-,28-/m1/s1. The summed E-state index contributed by atoms with van der Waals surface area (Å²) in [4.78, 5) is 29.2. The number of rotatable bonds is 12. The van der Waals surface area contributed by atoms with E-state index in [2.05, 4.69) is 5.32 Å². The van der Waals surface area contributed by atoms with Gasteiger partial charge in [0.15, 0.2) is 0 Å². The minimum absolute atomic E-state index is 0.0892. The number of nitrogens with one attached hydrogen (secondary N) is 1. The summed E-state index contributed by atoms with van der Waals surface area (Å²) in [7, 11) is -3.82. The summed E-state index contributed by atoms with van der Waals surface area (Å²) in [6.45, 7) is 5.54. The van der Waals surface area contributed by atoms with Crippen molar-refractivity contribution in [2.75, 3.05) is 17.1 Å². The Morgan fingerprint density at radius 2 is 1.54 bits per heavy atom. The van der Waals surface area contributed by atoms with Crippen LogP contribution in [-0.4, -0.2) is 50.0 Å². The largest absolute Gasteiger partial charge is 0.352 e. The molecule has 0 bridgehead atoms. The van der Waals surface area contributed by atoms with E-state index < -0.39 is 28.5 Å². The molecule has 0 fully saturated rings. The molecule has 3 aromatic rings. The number of hydrogen-bond acceptors (Lipinski definition) is 4. The van der Waals surface area contributed by atoms with Crippen molar-refractivity contribution in [1.82, 2.24) is 10.2 Å². The molecule has 0 saturated carbocycles. The molecule has 1 N–H and O–H groups in total. The number of benzene rings is 3. The second kappa shape index (κ2) is 13.6. The fraction of sp³-hybridized carbons (Fsp3) is 0.333. The first-order valence-electron chi connectivity index (χ1n) is 12.9. The Morgan fingerprint density at radius 1 is 0.923 bits per heavy atom. The van der Waals surface area contributed by atoms with Gasteiger partial charge in [0.25, 0.3) is 0 Å². The minimum atomic E-state index is -3.82. The van der Waals surface area contributed by atoms with Gasteiger partial charge in [0.2, 0.25) is 21.8 Å². The SMILES string of the molecule is CC[C@@H](C)NC(=O)[C@@H](Cc1ccccc1)N(Cc1ccc(C)cc1)C(=O)CN(c1ccc(Cl)cc1)S(C)(=O)=O. The first-order valence-corrected chi connectivity index (χ1v) is 15.1. The first kappa shape index (κ1) is 30.2. The van der Waals surface area contributed by atoms with Gasteiger partial charge >= 0.3 is 0 Å². The fourth-order valence-electron chi connectivity index (χ4n) is 4.11. The van der Waals surface area contributed by atoms with Gasteiger partial charge in [-0.3, -0.25) is 13.9 Å². The Morgan fingerprint density at radius 3 is 2.10 bits per heavy atom. The monoisotopic (exact) mass is 569 g/mol. The van der Waals surface area contributed by atoms with Crippen molar-refractivity contribution >= 4 is 39.1 Å². The molecule has 0 aliphatic heterocycles. The highest BCUT2D eigenvalue weighted by molar-refractivity contribution is 7.92. The molecule has 0 aliphatic rings. The van der Waals surface area contributed by atoms with E-state index >= 15 is 0 Å². The minimum Gasteiger partial charge on any atom is -0.352 e. The summed E-state index contributed by atoms with van der Waals surface area (Å²) in [5.41, 5.74) is 3.11. The van der Waals surface area contributed by atoms with E-state index in [-0.39, 0.29) is 24.9 Å². The number of carbonyl (C=O) groups excluding carboxylic acids is 2. The van der Waals surface area contributed by atoms with Gasteiger partial charge in [0.05, 0.1) is 11.9 Å². The zero-order chi connectivity index (χ0) is 28.6. The Kier molecular flexibility index (Phi) is 10.5. The molecule has 2 amide bonds. The summed E-state index contributed by atoms with van der Waals surface area (Å²) >= 11 is 6.01. The van der Waals surface area contributed by atoms with E-state index in [0.29, 0.717) is 10.7 Å². The number of nitrogens with zero attached hydrogens (tertiary/aromatic N) is 2. The zero-order valence-corrected chi connectivity index (χ0v) is 24.4. The molecular weight excluding hydrogens is 534 g/mol. The molecule has 0 heterocycles. The molecule has 2 atom stereocenters. The fourth-order valence-corrected chi connectivity index (χ4v) is 5.08. The number of carbonyl (C=O) groups is 2. The highest BCUT2D eigenvalue weighted by Crippen LogP contribution is 2.22. The lowest BCUT2D eigenvalue weighted by Gasteiger charge is -2.34. The lowest BCUT2D eigenvalue weighted by atomic mass is 10.0. The highest BCUT2D eigenvalue weighted by Gasteiger charge is 2.33. The second-order valence-electron chi connectivity index (χ2n) is 9.78. The molecule has 39 heavy (non-hydrogen) atoms. The number of hydrogen-bond donors (Lipinski definition) is 1. The molecular formula is C30H36ClN3O4S. The van der Waals surface area contributed by atoms with E-state index in [0.717, 1.165) is 33.7 Å². The normalized spacial score (nSPS) is 12.8. The van der Waals surface area contributed by atoms with E-state index in [1.807, 2.05) is 75.4 Å². The number of halogens is 1. The van der Waals surface area contributed by atoms with Crippen molar-refractivity contribution in [2.24, 2.45) is 0 Å². The molecule has 0 spiro atoms. The molecule has 0 radical (unpaired) electrons. The van der Waals surface area contributed by atoms with Crippen LogP contribution in [0, 0.1) is 6.92 Å². The van der Waals surface area contributed by atoms with Crippen LogP contribution < -0.4 is 9.62 Å². The maximum Gasteiger partial charge on any atom is 0.244 e. The second-order valence-corrected chi connectivity index (χ2v) is 12.1. The lowest BCUT2D eigenvalue weighted by molar-refractivity contribution is -0.140. The Bertz CT molecular complexity index is 1350. The van der Waals surface area contributed by atoms with Crippen molar-refractivity contribution in [3.05, 3.63) is 101 Å². The van der Waals surface area contributed by atoms with Crippen LogP contribution in [-0.2, 0) is 32.6 Å². The van der Waals surface area contributed by atoms with Crippen molar-refractivity contribution in [2.45, 2.75) is 52.2 Å². The summed E-state index contributed by atoms with van der Waals surface area (Å²) in [5.74, 6) is -0.776. The first-order chi connectivity index (χ1) is 18.5. The number of aryl methyl sites for hydroxylation is 1. The topological polar surface area (TPSA) is 86.8 Å². The van der Waals surface area contributed by atoms with Gasteiger partial charge in [-0.25, -0.2) is 8.42 Å². The lowest BCUT2D eigenvalue weighted by Crippen LogP contribution is -2.54. The molecule has 3 aromatic carbocycles. The summed E-state index contributed by atoms with van der Waals surface area (Å²) in [6, 6.07) is 22.5. The molecule has 0 unspecified atom stereocenters. The number of sulfonamides is 1. The molecule has 7 nitrogen and oxygen atoms in total. The maximum absolute atomic E-state index is 14.0. The van der Waals surface area contributed by atoms with E-state index in [4.69, 9.17) is 11.6 Å². The van der Waals surface area contributed by atoms with Crippen molar-refractivity contribution in [3.63, 3.8) is 0 Å². The van der Waals surface area contributed by atoms with Gasteiger partial charge in [-0.05, 0) is 55.7 Å². The van der Waals surface area contributed by atoms with E-state index in [1.165, 1.54) is 4.90 Å². The number of anilines is 1. The summed E-state index contributed by atoms with van der Waals surface area (Å²) in [5, 5.41) is 3.47. The third-order valence-corrected chi connectivity index (χ3v) is 7.93. The zero-order valence-electron chi connectivity index (χ0n) is 22.8. The molecule has 3 rings (SSSR count). The molecule has 208 valence electrons. The van der Waals surface area contributed by atoms with Crippen LogP contribution in [0.15, 0.2) is 78.9 Å². The van der Waals surface area contributed by atoms with E-state index in [1.54, 1.807) is 24.3 Å². The smallest absolute Gasteiger partial charge is 0.244 e. The van der Waals surface area contributed by atoms with Crippen LogP contribution in [0.3, 0.4) is 0 Å². The van der Waals surface area contributed by atoms with Gasteiger partial charge in [0, 0.05) is 24.0 Å². The molecule has 9 heteroatoms. The van der Waals surface area contributed by atoms with Gasteiger partial charge in [-0.15, -0.1) is 0 Å². The third-order valence-electron chi connectivity index (χ3n) is 6.54. The number of amides is 2. The van der Waals surface area contributed by atoms with Crippen LogP contribution in [0.4, 0.5) is 5.69 Å². The Balaban J connectivity index is 2.04. The maximum atomic E-state index is 14.0. The van der Waals surface area contributed by atoms with Crippen LogP contribution in [0.2, 0.25) is 5.02 Å². The summed E-state index contributed by atoms with van der Waals surface area (Å²) < 4.78 is 26.6. The highest BCUT2D eigenvalue weighted by atomic mass is 35.5. The van der Waals surface area contributed by atoms with Crippen LogP contribution in [0.1, 0.15) is 37.0 Å². The average molecular weight is 570 g/mol. The van der Waals surface area contributed by atoms with Crippen LogP contribution in [0.25, 0.3) is 0 Å². The van der Waals surface area contributed by atoms with Crippen LogP contribution in [0.5, 0.6) is 0 Å². The average Bonchev–Trinajstić information content (AvgIpc) is 2.90.